The molecule has 0 N–H and O–H groups in total. The van der Waals surface area contributed by atoms with Crippen LogP contribution in [0.25, 0.3) is 5.52 Å². The Labute approximate surface area is 95.7 Å². The van der Waals surface area contributed by atoms with E-state index in [2.05, 4.69) is 36.1 Å². The topological polar surface area (TPSA) is 20.5 Å². The summed E-state index contributed by atoms with van der Waals surface area (Å²) in [5.41, 5.74) is 5.49. The summed E-state index contributed by atoms with van der Waals surface area (Å²) in [4.78, 5) is 2.46. The predicted molar refractivity (Wildman–Crippen MR) is 66.1 cm³/mol. The molecule has 3 heterocycles. The van der Waals surface area contributed by atoms with Gasteiger partial charge in [0, 0.05) is 30.5 Å². The lowest BCUT2D eigenvalue weighted by atomic mass is 10.0. The van der Waals surface area contributed by atoms with E-state index < -0.39 is 0 Å². The van der Waals surface area contributed by atoms with Gasteiger partial charge in [0.15, 0.2) is 0 Å². The van der Waals surface area contributed by atoms with Crippen LogP contribution in [0.3, 0.4) is 0 Å². The van der Waals surface area contributed by atoms with Crippen molar-refractivity contribution in [2.75, 3.05) is 18.0 Å². The van der Waals surface area contributed by atoms with E-state index in [4.69, 9.17) is 0 Å². The molecule has 0 unspecified atom stereocenters. The van der Waals surface area contributed by atoms with Gasteiger partial charge < -0.3 is 4.90 Å². The van der Waals surface area contributed by atoms with E-state index in [0.717, 1.165) is 6.54 Å². The highest BCUT2D eigenvalue weighted by Crippen LogP contribution is 2.31. The number of pyridine rings is 1. The molecule has 0 aliphatic carbocycles. The molecule has 0 amide bonds. The third-order valence-corrected chi connectivity index (χ3v) is 3.52. The normalized spacial score (nSPS) is 15.5. The van der Waals surface area contributed by atoms with Gasteiger partial charge in [0.05, 0.1) is 11.7 Å². The zero-order valence-electron chi connectivity index (χ0n) is 9.90. The molecule has 0 saturated carbocycles. The highest BCUT2D eigenvalue weighted by Gasteiger charge is 2.19. The second-order valence-corrected chi connectivity index (χ2v) is 4.48. The van der Waals surface area contributed by atoms with Gasteiger partial charge in [-0.25, -0.2) is 4.52 Å². The molecular weight excluding hydrogens is 198 g/mol. The first kappa shape index (κ1) is 9.70. The Balaban J connectivity index is 2.28. The number of rotatable bonds is 1. The summed E-state index contributed by atoms with van der Waals surface area (Å²) in [5, 5.41) is 4.38. The summed E-state index contributed by atoms with van der Waals surface area (Å²) < 4.78 is 2.01. The zero-order chi connectivity index (χ0) is 11.1. The minimum absolute atomic E-state index is 1.09. The van der Waals surface area contributed by atoms with Crippen molar-refractivity contribution in [2.45, 2.75) is 26.7 Å². The number of aromatic nitrogens is 2. The maximum atomic E-state index is 4.38. The molecule has 1 aliphatic rings. The Morgan fingerprint density at radius 2 is 2.31 bits per heavy atom. The molecule has 3 nitrogen and oxygen atoms in total. The molecule has 0 aromatic carbocycles. The average molecular weight is 215 g/mol. The van der Waals surface area contributed by atoms with E-state index in [0.29, 0.717) is 0 Å². The fraction of sp³-hybridized carbons (Fsp3) is 0.462. The quantitative estimate of drug-likeness (QED) is 0.728. The van der Waals surface area contributed by atoms with Crippen LogP contribution in [-0.4, -0.2) is 22.7 Å². The van der Waals surface area contributed by atoms with Crippen LogP contribution in [0.15, 0.2) is 18.5 Å². The average Bonchev–Trinajstić information content (AvgIpc) is 2.70. The lowest BCUT2D eigenvalue weighted by Gasteiger charge is -2.30. The van der Waals surface area contributed by atoms with E-state index in [9.17, 15) is 0 Å². The van der Waals surface area contributed by atoms with Gasteiger partial charge in [-0.1, -0.05) is 0 Å². The summed E-state index contributed by atoms with van der Waals surface area (Å²) in [6, 6.07) is 2.21. The Morgan fingerprint density at radius 1 is 1.44 bits per heavy atom. The molecule has 3 rings (SSSR count). The number of fused-ring (bicyclic) bond motifs is 3. The van der Waals surface area contributed by atoms with Crippen molar-refractivity contribution in [3.63, 3.8) is 0 Å². The molecule has 84 valence electrons. The van der Waals surface area contributed by atoms with Gasteiger partial charge in [0.2, 0.25) is 0 Å². The van der Waals surface area contributed by atoms with E-state index in [-0.39, 0.29) is 0 Å². The maximum Gasteiger partial charge on any atom is 0.0743 e. The van der Waals surface area contributed by atoms with E-state index in [1.165, 1.54) is 41.7 Å². The van der Waals surface area contributed by atoms with Crippen molar-refractivity contribution in [2.24, 2.45) is 0 Å². The first-order valence-electron chi connectivity index (χ1n) is 6.02. The van der Waals surface area contributed by atoms with Gasteiger partial charge in [-0.3, -0.25) is 0 Å². The van der Waals surface area contributed by atoms with Gasteiger partial charge in [-0.05, 0) is 38.3 Å². The lowest BCUT2D eigenvalue weighted by molar-refractivity contribution is 0.706. The van der Waals surface area contributed by atoms with Crippen molar-refractivity contribution in [3.8, 4) is 0 Å². The second-order valence-electron chi connectivity index (χ2n) is 4.48. The van der Waals surface area contributed by atoms with Gasteiger partial charge in [0.25, 0.3) is 0 Å². The molecule has 0 fully saturated rings. The van der Waals surface area contributed by atoms with Gasteiger partial charge in [0.1, 0.15) is 0 Å². The third kappa shape index (κ3) is 1.24. The Morgan fingerprint density at radius 3 is 3.12 bits per heavy atom. The third-order valence-electron chi connectivity index (χ3n) is 3.52. The maximum absolute atomic E-state index is 4.38. The van der Waals surface area contributed by atoms with Crippen LogP contribution >= 0.6 is 0 Å². The van der Waals surface area contributed by atoms with Crippen LogP contribution < -0.4 is 4.90 Å². The first-order chi connectivity index (χ1) is 7.81. The van der Waals surface area contributed by atoms with Crippen LogP contribution in [0.5, 0.6) is 0 Å². The van der Waals surface area contributed by atoms with Gasteiger partial charge in [-0.15, -0.1) is 0 Å². The molecule has 0 atom stereocenters. The summed E-state index contributed by atoms with van der Waals surface area (Å²) in [6.07, 6.45) is 6.48. The Bertz CT molecular complexity index is 527. The SMILES string of the molecule is CCN1CCCc2c1ccn1ncc(C)c21. The Kier molecular flexibility index (Phi) is 2.13. The molecule has 0 saturated heterocycles. The molecule has 3 heteroatoms. The lowest BCUT2D eigenvalue weighted by Crippen LogP contribution is -2.29. The largest absolute Gasteiger partial charge is 0.371 e. The first-order valence-corrected chi connectivity index (χ1v) is 6.02. The van der Waals surface area contributed by atoms with E-state index in [1.807, 2.05) is 10.7 Å². The van der Waals surface area contributed by atoms with Crippen molar-refractivity contribution in [1.29, 1.82) is 0 Å². The number of anilines is 1. The monoisotopic (exact) mass is 215 g/mol. The molecule has 2 aromatic rings. The standard InChI is InChI=1S/C13H17N3/c1-3-15-7-4-5-11-12(15)6-8-16-13(11)10(2)9-14-16/h6,8-9H,3-5,7H2,1-2H3. The number of hydrogen-bond acceptors (Lipinski definition) is 2. The minimum Gasteiger partial charge on any atom is -0.371 e. The summed E-state index contributed by atoms with van der Waals surface area (Å²) in [5.74, 6) is 0. The Hall–Kier alpha value is -1.51. The second kappa shape index (κ2) is 3.51. The number of nitrogens with zero attached hydrogens (tertiary/aromatic N) is 3. The highest BCUT2D eigenvalue weighted by molar-refractivity contribution is 5.72. The van der Waals surface area contributed by atoms with Crippen LogP contribution in [0, 0.1) is 6.92 Å². The predicted octanol–water partition coefficient (Wildman–Crippen LogP) is 2.42. The summed E-state index contributed by atoms with van der Waals surface area (Å²) in [7, 11) is 0. The summed E-state index contributed by atoms with van der Waals surface area (Å²) in [6.45, 7) is 6.65. The van der Waals surface area contributed by atoms with Crippen molar-refractivity contribution < 1.29 is 0 Å². The molecule has 1 aliphatic heterocycles. The van der Waals surface area contributed by atoms with Crippen LogP contribution in [0.4, 0.5) is 5.69 Å². The molecule has 0 radical (unpaired) electrons. The molecular formula is C13H17N3. The fourth-order valence-electron chi connectivity index (χ4n) is 2.74. The van der Waals surface area contributed by atoms with E-state index in [1.54, 1.807) is 0 Å². The van der Waals surface area contributed by atoms with Crippen molar-refractivity contribution in [3.05, 3.63) is 29.6 Å². The minimum atomic E-state index is 1.09. The molecule has 2 aromatic heterocycles. The molecule has 16 heavy (non-hydrogen) atoms. The van der Waals surface area contributed by atoms with Crippen molar-refractivity contribution in [1.82, 2.24) is 9.61 Å². The summed E-state index contributed by atoms with van der Waals surface area (Å²) >= 11 is 0. The van der Waals surface area contributed by atoms with E-state index >= 15 is 0 Å². The van der Waals surface area contributed by atoms with Gasteiger partial charge >= 0.3 is 0 Å². The fourth-order valence-corrected chi connectivity index (χ4v) is 2.74. The number of aryl methyl sites for hydroxylation is 2. The highest BCUT2D eigenvalue weighted by atomic mass is 15.2. The van der Waals surface area contributed by atoms with Crippen molar-refractivity contribution >= 4 is 11.2 Å². The van der Waals surface area contributed by atoms with Crippen LogP contribution in [0.2, 0.25) is 0 Å². The smallest absolute Gasteiger partial charge is 0.0743 e. The van der Waals surface area contributed by atoms with Crippen LogP contribution in [-0.2, 0) is 6.42 Å². The van der Waals surface area contributed by atoms with Crippen LogP contribution in [0.1, 0.15) is 24.5 Å². The zero-order valence-corrected chi connectivity index (χ0v) is 9.90. The molecule has 0 bridgehead atoms. The van der Waals surface area contributed by atoms with Gasteiger partial charge in [-0.2, -0.15) is 5.10 Å². The number of hydrogen-bond donors (Lipinski definition) is 0. The molecule has 0 spiro atoms.